The second kappa shape index (κ2) is 14.4. The van der Waals surface area contributed by atoms with Gasteiger partial charge in [0.05, 0.1) is 12.7 Å². The second-order valence-electron chi connectivity index (χ2n) is 7.08. The molecule has 0 atom stereocenters. The Hall–Kier alpha value is -1.63. The number of piperidine rings is 1. The zero-order chi connectivity index (χ0) is 19.9. The summed E-state index contributed by atoms with van der Waals surface area (Å²) >= 11 is 0. The molecule has 0 amide bonds. The van der Waals surface area contributed by atoms with Crippen molar-refractivity contribution in [2.45, 2.75) is 38.2 Å². The SMILES string of the molecule is CN=C(NCCCOCCc1ccccc1)N1CCC(OCCCOC)CC1. The molecule has 1 heterocycles. The number of hydrogen-bond donors (Lipinski definition) is 1. The number of nitrogens with one attached hydrogen (secondary N) is 1. The summed E-state index contributed by atoms with van der Waals surface area (Å²) < 4.78 is 16.7. The number of aliphatic imine (C=N–C) groups is 1. The Bertz CT molecular complexity index is 531. The van der Waals surface area contributed by atoms with Crippen molar-refractivity contribution in [3.63, 3.8) is 0 Å². The van der Waals surface area contributed by atoms with Crippen LogP contribution in [-0.4, -0.2) is 77.2 Å². The average molecular weight is 392 g/mol. The van der Waals surface area contributed by atoms with Crippen LogP contribution >= 0.6 is 0 Å². The van der Waals surface area contributed by atoms with Crippen LogP contribution in [0.4, 0.5) is 0 Å². The Morgan fingerprint density at radius 1 is 1.07 bits per heavy atom. The van der Waals surface area contributed by atoms with E-state index in [1.165, 1.54) is 5.56 Å². The van der Waals surface area contributed by atoms with Gasteiger partial charge in [0.2, 0.25) is 0 Å². The molecule has 158 valence electrons. The molecule has 1 fully saturated rings. The Kier molecular flexibility index (Phi) is 11.6. The van der Waals surface area contributed by atoms with Gasteiger partial charge < -0.3 is 24.4 Å². The van der Waals surface area contributed by atoms with Crippen LogP contribution in [0.3, 0.4) is 0 Å². The monoisotopic (exact) mass is 391 g/mol. The summed E-state index contributed by atoms with van der Waals surface area (Å²) in [5.41, 5.74) is 1.33. The lowest BCUT2D eigenvalue weighted by Crippen LogP contribution is -2.47. The number of nitrogens with zero attached hydrogens (tertiary/aromatic N) is 2. The minimum absolute atomic E-state index is 0.365. The molecular weight excluding hydrogens is 354 g/mol. The first kappa shape index (κ1) is 22.7. The summed E-state index contributed by atoms with van der Waals surface area (Å²) in [6.45, 7) is 5.96. The normalized spacial score (nSPS) is 15.8. The summed E-state index contributed by atoms with van der Waals surface area (Å²) in [6, 6.07) is 10.5. The number of likely N-dealkylation sites (tertiary alicyclic amines) is 1. The zero-order valence-corrected chi connectivity index (χ0v) is 17.6. The maximum absolute atomic E-state index is 5.93. The Balaban J connectivity index is 1.51. The van der Waals surface area contributed by atoms with Gasteiger partial charge in [-0.3, -0.25) is 4.99 Å². The van der Waals surface area contributed by atoms with Crippen LogP contribution in [0.2, 0.25) is 0 Å². The van der Waals surface area contributed by atoms with Gasteiger partial charge in [-0.15, -0.1) is 0 Å². The third kappa shape index (κ3) is 9.04. The van der Waals surface area contributed by atoms with E-state index >= 15 is 0 Å². The number of hydrogen-bond acceptors (Lipinski definition) is 4. The van der Waals surface area contributed by atoms with E-state index in [0.717, 1.165) is 84.1 Å². The quantitative estimate of drug-likeness (QED) is 0.337. The smallest absolute Gasteiger partial charge is 0.193 e. The van der Waals surface area contributed by atoms with Crippen LogP contribution in [0.1, 0.15) is 31.2 Å². The Labute approximate surface area is 170 Å². The van der Waals surface area contributed by atoms with Crippen molar-refractivity contribution < 1.29 is 14.2 Å². The zero-order valence-electron chi connectivity index (χ0n) is 17.6. The molecule has 2 rings (SSSR count). The van der Waals surface area contributed by atoms with E-state index in [1.54, 1.807) is 7.11 Å². The first-order valence-corrected chi connectivity index (χ1v) is 10.5. The highest BCUT2D eigenvalue weighted by atomic mass is 16.5. The summed E-state index contributed by atoms with van der Waals surface area (Å²) in [5, 5.41) is 3.46. The lowest BCUT2D eigenvalue weighted by atomic mass is 10.1. The molecule has 0 spiro atoms. The molecule has 6 heteroatoms. The number of benzene rings is 1. The van der Waals surface area contributed by atoms with Gasteiger partial charge in [-0.25, -0.2) is 0 Å². The summed E-state index contributed by atoms with van der Waals surface area (Å²) in [5.74, 6) is 0.988. The van der Waals surface area contributed by atoms with E-state index in [2.05, 4.69) is 39.5 Å². The van der Waals surface area contributed by atoms with Crippen molar-refractivity contribution in [3.05, 3.63) is 35.9 Å². The topological polar surface area (TPSA) is 55.3 Å². The van der Waals surface area contributed by atoms with Crippen LogP contribution in [0.15, 0.2) is 35.3 Å². The van der Waals surface area contributed by atoms with Crippen LogP contribution in [0.25, 0.3) is 0 Å². The molecule has 0 bridgehead atoms. The molecule has 1 saturated heterocycles. The molecular formula is C22H37N3O3. The molecule has 28 heavy (non-hydrogen) atoms. The van der Waals surface area contributed by atoms with Gasteiger partial charge in [-0.1, -0.05) is 30.3 Å². The van der Waals surface area contributed by atoms with Gasteiger partial charge in [-0.05, 0) is 37.7 Å². The van der Waals surface area contributed by atoms with Crippen molar-refractivity contribution in [1.82, 2.24) is 10.2 Å². The Morgan fingerprint density at radius 3 is 2.57 bits per heavy atom. The standard InChI is InChI=1S/C22H37N3O3/c1-23-22(25-14-10-21(11-15-25)28-18-7-16-26-2)24-13-6-17-27-19-12-20-8-4-3-5-9-20/h3-5,8-9,21H,6-7,10-19H2,1-2H3,(H,23,24). The van der Waals surface area contributed by atoms with Crippen LogP contribution < -0.4 is 5.32 Å². The molecule has 0 saturated carbocycles. The molecule has 0 radical (unpaired) electrons. The summed E-state index contributed by atoms with van der Waals surface area (Å²) in [4.78, 5) is 6.75. The molecule has 0 aromatic heterocycles. The predicted molar refractivity (Wildman–Crippen MR) is 114 cm³/mol. The third-order valence-corrected chi connectivity index (χ3v) is 4.93. The second-order valence-corrected chi connectivity index (χ2v) is 7.08. The van der Waals surface area contributed by atoms with Crippen molar-refractivity contribution >= 4 is 5.96 Å². The van der Waals surface area contributed by atoms with Gasteiger partial charge in [0.25, 0.3) is 0 Å². The van der Waals surface area contributed by atoms with Crippen molar-refractivity contribution in [1.29, 1.82) is 0 Å². The van der Waals surface area contributed by atoms with E-state index in [9.17, 15) is 0 Å². The van der Waals surface area contributed by atoms with E-state index in [4.69, 9.17) is 14.2 Å². The van der Waals surface area contributed by atoms with Crippen molar-refractivity contribution in [2.24, 2.45) is 4.99 Å². The van der Waals surface area contributed by atoms with Crippen LogP contribution in [0, 0.1) is 0 Å². The van der Waals surface area contributed by atoms with E-state index < -0.39 is 0 Å². The largest absolute Gasteiger partial charge is 0.385 e. The number of ether oxygens (including phenoxy) is 3. The molecule has 1 aromatic rings. The van der Waals surface area contributed by atoms with Gasteiger partial charge >= 0.3 is 0 Å². The van der Waals surface area contributed by atoms with Crippen molar-refractivity contribution in [2.75, 3.05) is 60.2 Å². The number of rotatable bonds is 12. The lowest BCUT2D eigenvalue weighted by molar-refractivity contribution is 0.00990. The van der Waals surface area contributed by atoms with Crippen molar-refractivity contribution in [3.8, 4) is 0 Å². The third-order valence-electron chi connectivity index (χ3n) is 4.93. The van der Waals surface area contributed by atoms with Crippen LogP contribution in [0.5, 0.6) is 0 Å². The molecule has 0 aliphatic carbocycles. The lowest BCUT2D eigenvalue weighted by Gasteiger charge is -2.34. The average Bonchev–Trinajstić information content (AvgIpc) is 2.75. The number of methoxy groups -OCH3 is 1. The van der Waals surface area contributed by atoms with Gasteiger partial charge in [-0.2, -0.15) is 0 Å². The Morgan fingerprint density at radius 2 is 1.86 bits per heavy atom. The molecule has 1 aliphatic rings. The highest BCUT2D eigenvalue weighted by Gasteiger charge is 2.21. The molecule has 1 aromatic carbocycles. The summed E-state index contributed by atoms with van der Waals surface area (Å²) in [6.07, 6.45) is 5.38. The minimum Gasteiger partial charge on any atom is -0.385 e. The van der Waals surface area contributed by atoms with E-state index in [0.29, 0.717) is 6.10 Å². The van der Waals surface area contributed by atoms with E-state index in [1.807, 2.05) is 13.1 Å². The molecule has 0 unspecified atom stereocenters. The molecule has 1 aliphatic heterocycles. The fourth-order valence-electron chi connectivity index (χ4n) is 3.33. The molecule has 6 nitrogen and oxygen atoms in total. The van der Waals surface area contributed by atoms with E-state index in [-0.39, 0.29) is 0 Å². The fourth-order valence-corrected chi connectivity index (χ4v) is 3.33. The summed E-state index contributed by atoms with van der Waals surface area (Å²) in [7, 11) is 3.58. The maximum Gasteiger partial charge on any atom is 0.193 e. The van der Waals surface area contributed by atoms with Gasteiger partial charge in [0, 0.05) is 53.6 Å². The minimum atomic E-state index is 0.365. The van der Waals surface area contributed by atoms with Gasteiger partial charge in [0.1, 0.15) is 0 Å². The molecule has 1 N–H and O–H groups in total. The van der Waals surface area contributed by atoms with Crippen LogP contribution in [-0.2, 0) is 20.6 Å². The maximum atomic E-state index is 5.93. The fraction of sp³-hybridized carbons (Fsp3) is 0.682. The van der Waals surface area contributed by atoms with Gasteiger partial charge in [0.15, 0.2) is 5.96 Å². The first-order chi connectivity index (χ1) is 13.8. The highest BCUT2D eigenvalue weighted by molar-refractivity contribution is 5.79. The predicted octanol–water partition coefficient (Wildman–Crippen LogP) is 2.73. The highest BCUT2D eigenvalue weighted by Crippen LogP contribution is 2.14. The first-order valence-electron chi connectivity index (χ1n) is 10.5. The number of guanidine groups is 1.